The maximum atomic E-state index is 6.15. The van der Waals surface area contributed by atoms with Crippen LogP contribution in [0, 0.1) is 0 Å². The van der Waals surface area contributed by atoms with E-state index in [0.717, 1.165) is 28.0 Å². The van der Waals surface area contributed by atoms with Crippen LogP contribution in [0.2, 0.25) is 0 Å². The maximum Gasteiger partial charge on any atom is 0.144 e. The molecule has 0 saturated carbocycles. The largest absolute Gasteiger partial charge is 0.497 e. The number of nitrogen functional groups attached to an aromatic ring is 1. The van der Waals surface area contributed by atoms with Crippen molar-refractivity contribution in [3.63, 3.8) is 0 Å². The third-order valence-electron chi connectivity index (χ3n) is 2.91. The van der Waals surface area contributed by atoms with Gasteiger partial charge in [0, 0.05) is 16.2 Å². The SMILES string of the molecule is CCCOc1cccc(Nc2cc(Br)cc(OC)c2)c1N. The summed E-state index contributed by atoms with van der Waals surface area (Å²) in [7, 11) is 1.64. The molecule has 0 fully saturated rings. The van der Waals surface area contributed by atoms with Gasteiger partial charge in [0.2, 0.25) is 0 Å². The number of ether oxygens (including phenoxy) is 2. The van der Waals surface area contributed by atoms with Crippen LogP contribution in [0.4, 0.5) is 17.1 Å². The summed E-state index contributed by atoms with van der Waals surface area (Å²) in [5, 5.41) is 3.29. The van der Waals surface area contributed by atoms with E-state index in [1.807, 2.05) is 36.4 Å². The van der Waals surface area contributed by atoms with Crippen molar-refractivity contribution >= 4 is 33.0 Å². The van der Waals surface area contributed by atoms with E-state index >= 15 is 0 Å². The van der Waals surface area contributed by atoms with E-state index in [0.29, 0.717) is 18.0 Å². The van der Waals surface area contributed by atoms with Gasteiger partial charge in [0.25, 0.3) is 0 Å². The first-order valence-electron chi connectivity index (χ1n) is 6.77. The molecule has 0 aliphatic carbocycles. The van der Waals surface area contributed by atoms with Crippen LogP contribution in [0.5, 0.6) is 11.5 Å². The van der Waals surface area contributed by atoms with E-state index in [1.165, 1.54) is 0 Å². The number of hydrogen-bond acceptors (Lipinski definition) is 4. The molecule has 0 unspecified atom stereocenters. The Hall–Kier alpha value is -1.88. The number of benzene rings is 2. The lowest BCUT2D eigenvalue weighted by atomic mass is 10.2. The molecule has 0 aliphatic rings. The number of nitrogens with one attached hydrogen (secondary N) is 1. The summed E-state index contributed by atoms with van der Waals surface area (Å²) in [6, 6.07) is 11.5. The summed E-state index contributed by atoms with van der Waals surface area (Å²) < 4.78 is 11.8. The zero-order chi connectivity index (χ0) is 15.2. The number of hydrogen-bond donors (Lipinski definition) is 2. The first-order valence-corrected chi connectivity index (χ1v) is 7.56. The van der Waals surface area contributed by atoms with Gasteiger partial charge in [-0.1, -0.05) is 28.9 Å². The zero-order valence-corrected chi connectivity index (χ0v) is 13.7. The zero-order valence-electron chi connectivity index (χ0n) is 12.2. The number of para-hydroxylation sites is 1. The first-order chi connectivity index (χ1) is 10.1. The molecule has 5 heteroatoms. The quantitative estimate of drug-likeness (QED) is 0.749. The van der Waals surface area contributed by atoms with Crippen molar-refractivity contribution in [2.45, 2.75) is 13.3 Å². The van der Waals surface area contributed by atoms with Crippen LogP contribution in [-0.4, -0.2) is 13.7 Å². The van der Waals surface area contributed by atoms with Crippen molar-refractivity contribution < 1.29 is 9.47 Å². The molecular formula is C16H19BrN2O2. The highest BCUT2D eigenvalue weighted by Crippen LogP contribution is 2.33. The fraction of sp³-hybridized carbons (Fsp3) is 0.250. The van der Waals surface area contributed by atoms with Crippen molar-refractivity contribution in [3.8, 4) is 11.5 Å². The van der Waals surface area contributed by atoms with Gasteiger partial charge in [-0.2, -0.15) is 0 Å². The van der Waals surface area contributed by atoms with Crippen LogP contribution >= 0.6 is 15.9 Å². The highest BCUT2D eigenvalue weighted by Gasteiger charge is 2.07. The van der Waals surface area contributed by atoms with Gasteiger partial charge in [0.15, 0.2) is 0 Å². The summed E-state index contributed by atoms with van der Waals surface area (Å²) in [5.41, 5.74) is 8.45. The molecular weight excluding hydrogens is 332 g/mol. The second kappa shape index (κ2) is 7.22. The standard InChI is InChI=1S/C16H19BrN2O2/c1-3-7-21-15-6-4-5-14(16(15)18)19-12-8-11(17)9-13(10-12)20-2/h4-6,8-10,19H,3,7,18H2,1-2H3. The van der Waals surface area contributed by atoms with Gasteiger partial charge in [0.1, 0.15) is 11.5 Å². The average Bonchev–Trinajstić information content (AvgIpc) is 2.47. The maximum absolute atomic E-state index is 6.15. The van der Waals surface area contributed by atoms with Crippen LogP contribution < -0.4 is 20.5 Å². The lowest BCUT2D eigenvalue weighted by molar-refractivity contribution is 0.319. The molecule has 0 radical (unpaired) electrons. The van der Waals surface area contributed by atoms with Gasteiger partial charge in [-0.3, -0.25) is 0 Å². The highest BCUT2D eigenvalue weighted by molar-refractivity contribution is 9.10. The first kappa shape index (κ1) is 15.5. The molecule has 112 valence electrons. The molecule has 0 amide bonds. The van der Waals surface area contributed by atoms with E-state index in [4.69, 9.17) is 15.2 Å². The predicted octanol–water partition coefficient (Wildman–Crippen LogP) is 4.57. The van der Waals surface area contributed by atoms with Crippen molar-refractivity contribution in [2.24, 2.45) is 0 Å². The molecule has 0 spiro atoms. The Morgan fingerprint density at radius 1 is 1.24 bits per heavy atom. The van der Waals surface area contributed by atoms with E-state index in [1.54, 1.807) is 7.11 Å². The molecule has 0 heterocycles. The summed E-state index contributed by atoms with van der Waals surface area (Å²) in [5.74, 6) is 1.47. The van der Waals surface area contributed by atoms with Crippen LogP contribution in [0.25, 0.3) is 0 Å². The Morgan fingerprint density at radius 2 is 2.05 bits per heavy atom. The highest BCUT2D eigenvalue weighted by atomic mass is 79.9. The fourth-order valence-electron chi connectivity index (χ4n) is 1.90. The van der Waals surface area contributed by atoms with Crippen LogP contribution in [0.15, 0.2) is 40.9 Å². The molecule has 4 nitrogen and oxygen atoms in total. The number of anilines is 3. The summed E-state index contributed by atoms with van der Waals surface area (Å²) in [4.78, 5) is 0. The normalized spacial score (nSPS) is 10.2. The Bertz CT molecular complexity index is 617. The Morgan fingerprint density at radius 3 is 2.76 bits per heavy atom. The van der Waals surface area contributed by atoms with E-state index in [9.17, 15) is 0 Å². The molecule has 2 aromatic rings. The van der Waals surface area contributed by atoms with Gasteiger partial charge in [-0.05, 0) is 30.7 Å². The monoisotopic (exact) mass is 350 g/mol. The number of nitrogens with two attached hydrogens (primary N) is 1. The molecule has 21 heavy (non-hydrogen) atoms. The predicted molar refractivity (Wildman–Crippen MR) is 90.6 cm³/mol. The molecule has 3 N–H and O–H groups in total. The minimum absolute atomic E-state index is 0.602. The molecule has 0 aromatic heterocycles. The van der Waals surface area contributed by atoms with Crippen LogP contribution in [-0.2, 0) is 0 Å². The van der Waals surface area contributed by atoms with E-state index in [-0.39, 0.29) is 0 Å². The average molecular weight is 351 g/mol. The second-order valence-electron chi connectivity index (χ2n) is 4.57. The van der Waals surface area contributed by atoms with Gasteiger partial charge in [-0.15, -0.1) is 0 Å². The number of halogens is 1. The summed E-state index contributed by atoms with van der Waals surface area (Å²) in [6.07, 6.45) is 0.944. The second-order valence-corrected chi connectivity index (χ2v) is 5.49. The van der Waals surface area contributed by atoms with Gasteiger partial charge < -0.3 is 20.5 Å². The van der Waals surface area contributed by atoms with Crippen molar-refractivity contribution in [3.05, 3.63) is 40.9 Å². The smallest absolute Gasteiger partial charge is 0.144 e. The van der Waals surface area contributed by atoms with Gasteiger partial charge in [-0.25, -0.2) is 0 Å². The lowest BCUT2D eigenvalue weighted by Crippen LogP contribution is -2.02. The van der Waals surface area contributed by atoms with Crippen molar-refractivity contribution in [1.82, 2.24) is 0 Å². The van der Waals surface area contributed by atoms with Gasteiger partial charge in [0.05, 0.1) is 25.1 Å². The van der Waals surface area contributed by atoms with E-state index in [2.05, 4.69) is 28.2 Å². The molecule has 2 rings (SSSR count). The number of rotatable bonds is 6. The molecule has 0 bridgehead atoms. The van der Waals surface area contributed by atoms with Crippen molar-refractivity contribution in [1.29, 1.82) is 0 Å². The Balaban J connectivity index is 2.25. The third kappa shape index (κ3) is 4.04. The molecule has 0 atom stereocenters. The van der Waals surface area contributed by atoms with Crippen LogP contribution in [0.1, 0.15) is 13.3 Å². The molecule has 0 saturated heterocycles. The Kier molecular flexibility index (Phi) is 5.33. The summed E-state index contributed by atoms with van der Waals surface area (Å²) in [6.45, 7) is 2.71. The third-order valence-corrected chi connectivity index (χ3v) is 3.37. The number of methoxy groups -OCH3 is 1. The van der Waals surface area contributed by atoms with Crippen LogP contribution in [0.3, 0.4) is 0 Å². The summed E-state index contributed by atoms with van der Waals surface area (Å²) >= 11 is 3.46. The topological polar surface area (TPSA) is 56.5 Å². The minimum Gasteiger partial charge on any atom is -0.497 e. The molecule has 2 aromatic carbocycles. The van der Waals surface area contributed by atoms with E-state index < -0.39 is 0 Å². The Labute approximate surface area is 133 Å². The minimum atomic E-state index is 0.602. The molecule has 0 aliphatic heterocycles. The fourth-order valence-corrected chi connectivity index (χ4v) is 2.37. The lowest BCUT2D eigenvalue weighted by Gasteiger charge is -2.14. The van der Waals surface area contributed by atoms with Gasteiger partial charge >= 0.3 is 0 Å². The van der Waals surface area contributed by atoms with Crippen molar-refractivity contribution in [2.75, 3.05) is 24.8 Å².